The molecule has 0 atom stereocenters. The monoisotopic (exact) mass is 455 g/mol. The van der Waals surface area contributed by atoms with Gasteiger partial charge in [-0.15, -0.1) is 5.10 Å². The number of amides is 2. The number of nitro groups is 1. The summed E-state index contributed by atoms with van der Waals surface area (Å²) in [5.41, 5.74) is 1.98. The molecule has 0 aliphatic heterocycles. The smallest absolute Gasteiger partial charge is 0.322 e. The molecule has 1 aromatic heterocycles. The van der Waals surface area contributed by atoms with E-state index in [2.05, 4.69) is 20.8 Å². The molecule has 34 heavy (non-hydrogen) atoms. The van der Waals surface area contributed by atoms with Crippen LogP contribution in [-0.4, -0.2) is 26.9 Å². The Hall–Kier alpha value is -5.12. The van der Waals surface area contributed by atoms with E-state index in [1.165, 1.54) is 42.5 Å². The number of rotatable bonds is 7. The van der Waals surface area contributed by atoms with Crippen LogP contribution >= 0.6 is 0 Å². The summed E-state index contributed by atoms with van der Waals surface area (Å²) in [5.74, 6) is -0.596. The van der Waals surface area contributed by atoms with Crippen LogP contribution in [0.25, 0.3) is 17.5 Å². The van der Waals surface area contributed by atoms with E-state index in [9.17, 15) is 19.7 Å². The summed E-state index contributed by atoms with van der Waals surface area (Å²) < 4.78 is 5.47. The van der Waals surface area contributed by atoms with Gasteiger partial charge in [-0.25, -0.2) is 0 Å². The molecule has 0 radical (unpaired) electrons. The molecule has 0 saturated heterocycles. The van der Waals surface area contributed by atoms with Crippen LogP contribution in [0, 0.1) is 10.1 Å². The first kappa shape index (κ1) is 22.1. The second-order valence-electron chi connectivity index (χ2n) is 6.98. The van der Waals surface area contributed by atoms with Crippen LogP contribution in [0.2, 0.25) is 0 Å². The number of hydrogen-bond acceptors (Lipinski definition) is 7. The molecule has 1 heterocycles. The number of aromatic nitrogens is 2. The predicted octanol–water partition coefficient (Wildman–Crippen LogP) is 4.55. The van der Waals surface area contributed by atoms with E-state index >= 15 is 0 Å². The minimum Gasteiger partial charge on any atom is -0.403 e. The molecular weight excluding hydrogens is 438 g/mol. The topological polar surface area (TPSA) is 140 Å². The molecule has 10 nitrogen and oxygen atoms in total. The lowest BCUT2D eigenvalue weighted by atomic mass is 10.2. The highest BCUT2D eigenvalue weighted by molar-refractivity contribution is 6.04. The second-order valence-corrected chi connectivity index (χ2v) is 6.98. The van der Waals surface area contributed by atoms with Crippen LogP contribution in [0.5, 0.6) is 0 Å². The largest absolute Gasteiger partial charge is 0.403 e. The lowest BCUT2D eigenvalue weighted by molar-refractivity contribution is -0.384. The van der Waals surface area contributed by atoms with Crippen LogP contribution in [0.1, 0.15) is 15.9 Å². The lowest BCUT2D eigenvalue weighted by Crippen LogP contribution is -2.12. The molecule has 3 aromatic carbocycles. The molecule has 4 aromatic rings. The highest BCUT2D eigenvalue weighted by Gasteiger charge is 2.13. The SMILES string of the molecule is O=C(/C=C/c1cccc([N+](=O)[O-])c1)Nc1ccc(C(=O)Nc2nnc(-c3ccccc3)o2)cc1. The molecule has 0 aliphatic rings. The number of carbonyl (C=O) groups is 2. The van der Waals surface area contributed by atoms with E-state index in [4.69, 9.17) is 4.42 Å². The Morgan fingerprint density at radius 1 is 0.912 bits per heavy atom. The van der Waals surface area contributed by atoms with E-state index in [0.717, 1.165) is 5.56 Å². The highest BCUT2D eigenvalue weighted by Crippen LogP contribution is 2.20. The number of anilines is 2. The summed E-state index contributed by atoms with van der Waals surface area (Å²) in [4.78, 5) is 34.9. The van der Waals surface area contributed by atoms with Crippen molar-refractivity contribution in [3.05, 3.63) is 106 Å². The molecular formula is C24H17N5O5. The molecule has 0 aliphatic carbocycles. The van der Waals surface area contributed by atoms with Crippen molar-refractivity contribution in [1.82, 2.24) is 10.2 Å². The van der Waals surface area contributed by atoms with E-state index in [0.29, 0.717) is 16.8 Å². The average Bonchev–Trinajstić information content (AvgIpc) is 3.32. The van der Waals surface area contributed by atoms with Crippen molar-refractivity contribution in [3.63, 3.8) is 0 Å². The summed E-state index contributed by atoms with van der Waals surface area (Å²) >= 11 is 0. The predicted molar refractivity (Wildman–Crippen MR) is 125 cm³/mol. The Balaban J connectivity index is 1.34. The minimum atomic E-state index is -0.504. The first-order valence-electron chi connectivity index (χ1n) is 10.0. The van der Waals surface area contributed by atoms with Gasteiger partial charge in [0.25, 0.3) is 11.6 Å². The van der Waals surface area contributed by atoms with Crippen molar-refractivity contribution in [2.75, 3.05) is 10.6 Å². The standard InChI is InChI=1S/C24H17N5O5/c30-21(14-9-16-5-4-8-20(15-16)29(32)33)25-19-12-10-17(11-13-19)22(31)26-24-28-27-23(34-24)18-6-2-1-3-7-18/h1-15H,(H,25,30)(H,26,28,31)/b14-9+. The van der Waals surface area contributed by atoms with Gasteiger partial charge in [-0.05, 0) is 48.0 Å². The maximum absolute atomic E-state index is 12.4. The summed E-state index contributed by atoms with van der Waals surface area (Å²) in [7, 11) is 0. The third-order valence-corrected chi connectivity index (χ3v) is 4.59. The normalized spacial score (nSPS) is 10.7. The molecule has 0 saturated carbocycles. The van der Waals surface area contributed by atoms with Gasteiger partial charge in [0.2, 0.25) is 11.8 Å². The fourth-order valence-electron chi connectivity index (χ4n) is 2.94. The molecule has 10 heteroatoms. The number of non-ortho nitro benzene ring substituents is 1. The maximum Gasteiger partial charge on any atom is 0.322 e. The van der Waals surface area contributed by atoms with Crippen LogP contribution in [-0.2, 0) is 4.79 Å². The molecule has 0 fully saturated rings. The van der Waals surface area contributed by atoms with Crippen molar-refractivity contribution in [2.45, 2.75) is 0 Å². The Morgan fingerprint density at radius 2 is 1.68 bits per heavy atom. The fourth-order valence-corrected chi connectivity index (χ4v) is 2.94. The van der Waals surface area contributed by atoms with Crippen molar-refractivity contribution in [1.29, 1.82) is 0 Å². The van der Waals surface area contributed by atoms with Crippen LogP contribution in [0.3, 0.4) is 0 Å². The van der Waals surface area contributed by atoms with Gasteiger partial charge in [-0.2, -0.15) is 0 Å². The zero-order valence-electron chi connectivity index (χ0n) is 17.5. The highest BCUT2D eigenvalue weighted by atomic mass is 16.6. The first-order valence-corrected chi connectivity index (χ1v) is 10.0. The summed E-state index contributed by atoms with van der Waals surface area (Å²) in [6, 6.07) is 21.2. The number of nitrogens with one attached hydrogen (secondary N) is 2. The third kappa shape index (κ3) is 5.56. The molecule has 0 unspecified atom stereocenters. The number of nitrogens with zero attached hydrogens (tertiary/aromatic N) is 3. The van der Waals surface area contributed by atoms with Crippen molar-refractivity contribution in [2.24, 2.45) is 0 Å². The molecule has 0 bridgehead atoms. The third-order valence-electron chi connectivity index (χ3n) is 4.59. The van der Waals surface area contributed by atoms with Gasteiger partial charge in [0.05, 0.1) is 4.92 Å². The summed E-state index contributed by atoms with van der Waals surface area (Å²) in [6.07, 6.45) is 2.73. The Kier molecular flexibility index (Phi) is 6.50. The average molecular weight is 455 g/mol. The molecule has 0 spiro atoms. The Morgan fingerprint density at radius 3 is 2.41 bits per heavy atom. The molecule has 4 rings (SSSR count). The van der Waals surface area contributed by atoms with E-state index in [1.807, 2.05) is 30.3 Å². The number of carbonyl (C=O) groups excluding carboxylic acids is 2. The molecule has 168 valence electrons. The first-order chi connectivity index (χ1) is 16.5. The zero-order chi connectivity index (χ0) is 23.9. The lowest BCUT2D eigenvalue weighted by Gasteiger charge is -2.04. The minimum absolute atomic E-state index is 0.0347. The number of nitro benzene ring substituents is 1. The van der Waals surface area contributed by atoms with Crippen LogP contribution in [0.15, 0.2) is 89.4 Å². The fraction of sp³-hybridized carbons (Fsp3) is 0. The van der Waals surface area contributed by atoms with Crippen LogP contribution in [0.4, 0.5) is 17.4 Å². The van der Waals surface area contributed by atoms with Gasteiger partial charge in [-0.1, -0.05) is 35.4 Å². The van der Waals surface area contributed by atoms with Gasteiger partial charge in [0.1, 0.15) is 0 Å². The van der Waals surface area contributed by atoms with E-state index in [1.54, 1.807) is 18.2 Å². The number of benzene rings is 3. The van der Waals surface area contributed by atoms with Gasteiger partial charge >= 0.3 is 6.01 Å². The van der Waals surface area contributed by atoms with Crippen molar-refractivity contribution < 1.29 is 18.9 Å². The van der Waals surface area contributed by atoms with E-state index < -0.39 is 16.7 Å². The van der Waals surface area contributed by atoms with Crippen LogP contribution < -0.4 is 10.6 Å². The number of hydrogen-bond donors (Lipinski definition) is 2. The van der Waals surface area contributed by atoms with Gasteiger partial charge in [0, 0.05) is 35.0 Å². The summed E-state index contributed by atoms with van der Waals surface area (Å²) in [6.45, 7) is 0. The quantitative estimate of drug-likeness (QED) is 0.237. The second kappa shape index (κ2) is 10.0. The Labute approximate surface area is 193 Å². The summed E-state index contributed by atoms with van der Waals surface area (Å²) in [5, 5.41) is 23.8. The van der Waals surface area contributed by atoms with Gasteiger partial charge < -0.3 is 9.73 Å². The van der Waals surface area contributed by atoms with Gasteiger partial charge in [0.15, 0.2) is 0 Å². The zero-order valence-corrected chi connectivity index (χ0v) is 17.5. The van der Waals surface area contributed by atoms with Gasteiger partial charge in [-0.3, -0.25) is 25.0 Å². The molecule has 2 amide bonds. The Bertz CT molecular complexity index is 1360. The van der Waals surface area contributed by atoms with Crippen molar-refractivity contribution in [3.8, 4) is 11.5 Å². The maximum atomic E-state index is 12.4. The van der Waals surface area contributed by atoms with E-state index in [-0.39, 0.29) is 17.6 Å². The molecule has 2 N–H and O–H groups in total. The van der Waals surface area contributed by atoms with Crippen molar-refractivity contribution >= 4 is 35.3 Å².